The maximum Gasteiger partial charge on any atom is 0.340 e. The van der Waals surface area contributed by atoms with Gasteiger partial charge in [-0.15, -0.1) is 11.8 Å². The Morgan fingerprint density at radius 1 is 1.31 bits per heavy atom. The minimum Gasteiger partial charge on any atom is -0.462 e. The second-order valence-corrected chi connectivity index (χ2v) is 6.68. The topological polar surface area (TPSA) is 73.4 Å². The number of esters is 1. The molecule has 0 unspecified atom stereocenters. The summed E-state index contributed by atoms with van der Waals surface area (Å²) in [5.74, 6) is 5.87. The zero-order chi connectivity index (χ0) is 18.8. The highest BCUT2D eigenvalue weighted by Crippen LogP contribution is 2.35. The fourth-order valence-electron chi connectivity index (χ4n) is 3.29. The molecule has 0 bridgehead atoms. The number of pyridine rings is 1. The minimum atomic E-state index is -0.377. The molecule has 0 aliphatic carbocycles. The molecule has 0 saturated carbocycles. The van der Waals surface area contributed by atoms with Gasteiger partial charge < -0.3 is 15.5 Å². The molecule has 0 spiro atoms. The zero-order valence-corrected chi connectivity index (χ0v) is 16.4. The molecule has 3 rings (SSSR count). The van der Waals surface area contributed by atoms with Gasteiger partial charge >= 0.3 is 5.97 Å². The van der Waals surface area contributed by atoms with Gasteiger partial charge in [0.1, 0.15) is 5.03 Å². The average molecular weight is 372 g/mol. The van der Waals surface area contributed by atoms with E-state index in [-0.39, 0.29) is 5.97 Å². The van der Waals surface area contributed by atoms with Crippen LogP contribution < -0.4 is 10.7 Å². The lowest BCUT2D eigenvalue weighted by Crippen LogP contribution is -2.21. The van der Waals surface area contributed by atoms with E-state index in [9.17, 15) is 4.79 Å². The number of nitrogens with zero attached hydrogens (tertiary/aromatic N) is 3. The number of rotatable bonds is 6. The molecule has 0 amide bonds. The van der Waals surface area contributed by atoms with Crippen LogP contribution in [0.15, 0.2) is 29.4 Å². The first kappa shape index (κ1) is 18.4. The monoisotopic (exact) mass is 372 g/mol. The van der Waals surface area contributed by atoms with Crippen LogP contribution in [0, 0.1) is 0 Å². The largest absolute Gasteiger partial charge is 0.462 e. The summed E-state index contributed by atoms with van der Waals surface area (Å²) in [4.78, 5) is 19.4. The molecule has 2 N–H and O–H groups in total. The molecule has 26 heavy (non-hydrogen) atoms. The maximum absolute atomic E-state index is 12.4. The number of hydrogen-bond donors (Lipinski definition) is 1. The quantitative estimate of drug-likeness (QED) is 0.404. The number of nitrogen functional groups attached to an aromatic ring is 1. The lowest BCUT2D eigenvalue weighted by Gasteiger charge is -2.21. The molecule has 3 aromatic rings. The van der Waals surface area contributed by atoms with Crippen LogP contribution in [0.25, 0.3) is 21.8 Å². The van der Waals surface area contributed by atoms with Crippen LogP contribution in [-0.2, 0) is 4.74 Å². The smallest absolute Gasteiger partial charge is 0.340 e. The molecule has 2 aromatic heterocycles. The van der Waals surface area contributed by atoms with Crippen LogP contribution in [0.4, 0.5) is 5.69 Å². The first-order valence-electron chi connectivity index (χ1n) is 8.75. The molecule has 7 heteroatoms. The Morgan fingerprint density at radius 3 is 2.65 bits per heavy atom. The van der Waals surface area contributed by atoms with Crippen molar-refractivity contribution < 1.29 is 9.53 Å². The van der Waals surface area contributed by atoms with Gasteiger partial charge in [0.2, 0.25) is 0 Å². The van der Waals surface area contributed by atoms with E-state index in [4.69, 9.17) is 15.6 Å². The summed E-state index contributed by atoms with van der Waals surface area (Å²) in [6, 6.07) is 6.19. The van der Waals surface area contributed by atoms with Crippen LogP contribution in [-0.4, -0.2) is 41.6 Å². The van der Waals surface area contributed by atoms with E-state index in [1.807, 2.05) is 12.3 Å². The van der Waals surface area contributed by atoms with E-state index in [0.717, 1.165) is 45.6 Å². The number of anilines is 1. The summed E-state index contributed by atoms with van der Waals surface area (Å²) >= 11 is 1.50. The van der Waals surface area contributed by atoms with E-state index in [1.54, 1.807) is 13.1 Å². The molecule has 0 atom stereocenters. The van der Waals surface area contributed by atoms with E-state index < -0.39 is 0 Å². The first-order chi connectivity index (χ1) is 12.5. The normalized spacial score (nSPS) is 11.2. The molecule has 0 fully saturated rings. The van der Waals surface area contributed by atoms with Gasteiger partial charge in [-0.3, -0.25) is 4.68 Å². The molecule has 138 valence electrons. The number of thioether (sulfide) groups is 1. The Bertz CT molecular complexity index is 963. The van der Waals surface area contributed by atoms with Crippen molar-refractivity contribution in [1.82, 2.24) is 9.66 Å². The van der Waals surface area contributed by atoms with Crippen molar-refractivity contribution in [2.75, 3.05) is 36.7 Å². The number of hydrogen-bond acceptors (Lipinski definition) is 6. The fraction of sp³-hybridized carbons (Fsp3) is 0.368. The Balaban J connectivity index is 2.35. The highest BCUT2D eigenvalue weighted by Gasteiger charge is 2.22. The minimum absolute atomic E-state index is 0.317. The number of carbonyl (C=O) groups is 1. The molecule has 6 nitrogen and oxygen atoms in total. The van der Waals surface area contributed by atoms with Crippen molar-refractivity contribution in [2.24, 2.45) is 0 Å². The third kappa shape index (κ3) is 2.96. The summed E-state index contributed by atoms with van der Waals surface area (Å²) in [6.07, 6.45) is 3.58. The molecular formula is C19H24N4O2S. The number of benzene rings is 1. The molecule has 0 saturated heterocycles. The highest BCUT2D eigenvalue weighted by atomic mass is 32.2. The van der Waals surface area contributed by atoms with Crippen LogP contribution in [0.5, 0.6) is 0 Å². The Morgan fingerprint density at radius 2 is 2.04 bits per heavy atom. The van der Waals surface area contributed by atoms with Crippen molar-refractivity contribution in [3.8, 4) is 0 Å². The van der Waals surface area contributed by atoms with Crippen molar-refractivity contribution in [2.45, 2.75) is 25.8 Å². The number of fused-ring (bicyclic) bond motifs is 3. The lowest BCUT2D eigenvalue weighted by molar-refractivity contribution is 0.0528. The highest BCUT2D eigenvalue weighted by molar-refractivity contribution is 7.98. The second-order valence-electron chi connectivity index (χ2n) is 5.89. The fourth-order valence-corrected chi connectivity index (χ4v) is 3.89. The van der Waals surface area contributed by atoms with E-state index in [1.165, 1.54) is 16.4 Å². The van der Waals surface area contributed by atoms with Gasteiger partial charge in [0.05, 0.1) is 23.2 Å². The SMILES string of the molecule is CCOC(=O)c1cn(N)c2c1c(SC)nc1ccc(N(CC)CC)cc12. The van der Waals surface area contributed by atoms with Gasteiger partial charge in [0, 0.05) is 35.7 Å². The maximum atomic E-state index is 12.4. The van der Waals surface area contributed by atoms with E-state index in [0.29, 0.717) is 12.2 Å². The number of nitrogens with two attached hydrogens (primary N) is 1. The van der Waals surface area contributed by atoms with Gasteiger partial charge in [-0.1, -0.05) is 0 Å². The number of carbonyl (C=O) groups excluding carboxylic acids is 1. The van der Waals surface area contributed by atoms with Crippen LogP contribution in [0.2, 0.25) is 0 Å². The van der Waals surface area contributed by atoms with Gasteiger partial charge in [0.15, 0.2) is 0 Å². The Hall–Kier alpha value is -2.41. The zero-order valence-electron chi connectivity index (χ0n) is 15.6. The van der Waals surface area contributed by atoms with Crippen molar-refractivity contribution in [1.29, 1.82) is 0 Å². The standard InChI is InChI=1S/C19H24N4O2S/c1-5-22(6-2)12-8-9-15-13(10-12)17-16(18(21-15)26-4)14(11-23(17)20)19(24)25-7-3/h8-11H,5-7,20H2,1-4H3. The van der Waals surface area contributed by atoms with Crippen molar-refractivity contribution in [3.63, 3.8) is 0 Å². The summed E-state index contributed by atoms with van der Waals surface area (Å²) in [5.41, 5.74) is 3.23. The molecule has 0 radical (unpaired) electrons. The van der Waals surface area contributed by atoms with E-state index >= 15 is 0 Å². The lowest BCUT2D eigenvalue weighted by atomic mass is 10.1. The Labute approximate surface area is 157 Å². The third-order valence-electron chi connectivity index (χ3n) is 4.52. The number of ether oxygens (including phenoxy) is 1. The van der Waals surface area contributed by atoms with Gasteiger partial charge in [-0.25, -0.2) is 9.78 Å². The summed E-state index contributed by atoms with van der Waals surface area (Å²) in [7, 11) is 0. The van der Waals surface area contributed by atoms with Crippen LogP contribution >= 0.6 is 11.8 Å². The van der Waals surface area contributed by atoms with Crippen molar-refractivity contribution >= 4 is 45.2 Å². The first-order valence-corrected chi connectivity index (χ1v) is 9.98. The van der Waals surface area contributed by atoms with Crippen LogP contribution in [0.3, 0.4) is 0 Å². The molecule has 2 heterocycles. The molecular weight excluding hydrogens is 348 g/mol. The second kappa shape index (κ2) is 7.45. The predicted molar refractivity (Wildman–Crippen MR) is 109 cm³/mol. The van der Waals surface area contributed by atoms with Gasteiger partial charge in [-0.05, 0) is 45.2 Å². The summed E-state index contributed by atoms with van der Waals surface area (Å²) < 4.78 is 6.72. The number of aromatic nitrogens is 2. The summed E-state index contributed by atoms with van der Waals surface area (Å²) in [5, 5.41) is 2.46. The Kier molecular flexibility index (Phi) is 5.27. The van der Waals surface area contributed by atoms with Crippen LogP contribution in [0.1, 0.15) is 31.1 Å². The van der Waals surface area contributed by atoms with E-state index in [2.05, 4.69) is 30.9 Å². The van der Waals surface area contributed by atoms with Gasteiger partial charge in [0.25, 0.3) is 0 Å². The third-order valence-corrected chi connectivity index (χ3v) is 5.20. The molecule has 1 aromatic carbocycles. The van der Waals surface area contributed by atoms with Crippen molar-refractivity contribution in [3.05, 3.63) is 30.0 Å². The summed E-state index contributed by atoms with van der Waals surface area (Å²) in [6.45, 7) is 8.20. The molecule has 0 aliphatic heterocycles. The predicted octanol–water partition coefficient (Wildman–Crippen LogP) is 3.65. The van der Waals surface area contributed by atoms with Gasteiger partial charge in [-0.2, -0.15) is 0 Å². The molecule has 0 aliphatic rings. The average Bonchev–Trinajstić information content (AvgIpc) is 3.00.